The number of rotatable bonds is 7. The summed E-state index contributed by atoms with van der Waals surface area (Å²) in [5.41, 5.74) is 1.43. The van der Waals surface area contributed by atoms with Crippen molar-refractivity contribution in [3.63, 3.8) is 0 Å². The Balaban J connectivity index is 2.16. The van der Waals surface area contributed by atoms with Crippen LogP contribution in [0.5, 0.6) is 0 Å². The van der Waals surface area contributed by atoms with E-state index in [-0.39, 0.29) is 0 Å². The molecular formula is C15H30N2S. The van der Waals surface area contributed by atoms with Crippen molar-refractivity contribution in [1.82, 2.24) is 10.2 Å². The van der Waals surface area contributed by atoms with Crippen LogP contribution < -0.4 is 5.32 Å². The van der Waals surface area contributed by atoms with Crippen LogP contribution in [0, 0.1) is 0 Å². The Hall–Kier alpha value is 0.0100. The maximum Gasteiger partial charge on any atom is 0.0165 e. The van der Waals surface area contributed by atoms with Crippen molar-refractivity contribution in [2.75, 3.05) is 31.6 Å². The van der Waals surface area contributed by atoms with Crippen LogP contribution >= 0.6 is 11.8 Å². The summed E-state index contributed by atoms with van der Waals surface area (Å²) in [5, 5.41) is 3.78. The third-order valence-corrected chi connectivity index (χ3v) is 4.26. The van der Waals surface area contributed by atoms with Crippen LogP contribution in [0.3, 0.4) is 0 Å². The standard InChI is InChI=1S/C15H30N2S/c1-13(2)5-9-17-10-6-15(7-11-17)16-14(3)8-12-18-4/h5,14-16H,6-12H2,1-4H3. The first-order valence-corrected chi connectivity index (χ1v) is 8.62. The minimum Gasteiger partial charge on any atom is -0.311 e. The molecule has 1 unspecified atom stereocenters. The van der Waals surface area contributed by atoms with E-state index >= 15 is 0 Å². The van der Waals surface area contributed by atoms with Crippen LogP contribution in [-0.4, -0.2) is 48.6 Å². The first-order valence-electron chi connectivity index (χ1n) is 7.22. The molecule has 0 bridgehead atoms. The molecule has 3 heteroatoms. The molecule has 106 valence electrons. The lowest BCUT2D eigenvalue weighted by Crippen LogP contribution is -2.45. The van der Waals surface area contributed by atoms with Gasteiger partial charge in [-0.15, -0.1) is 0 Å². The molecule has 0 amide bonds. The zero-order valence-electron chi connectivity index (χ0n) is 12.5. The molecule has 1 aliphatic heterocycles. The van der Waals surface area contributed by atoms with Crippen LogP contribution in [0.4, 0.5) is 0 Å². The van der Waals surface area contributed by atoms with Crippen LogP contribution in [0.2, 0.25) is 0 Å². The van der Waals surface area contributed by atoms with E-state index < -0.39 is 0 Å². The molecule has 0 radical (unpaired) electrons. The average Bonchev–Trinajstić information content (AvgIpc) is 2.35. The second kappa shape index (κ2) is 9.00. The first-order chi connectivity index (χ1) is 8.61. The molecule has 0 aromatic carbocycles. The molecule has 2 nitrogen and oxygen atoms in total. The predicted molar refractivity (Wildman–Crippen MR) is 84.5 cm³/mol. The number of thioether (sulfide) groups is 1. The molecule has 0 aromatic heterocycles. The fourth-order valence-corrected chi connectivity index (χ4v) is 2.96. The molecule has 1 aliphatic rings. The number of allylic oxidation sites excluding steroid dienone is 1. The third-order valence-electron chi connectivity index (χ3n) is 3.62. The predicted octanol–water partition coefficient (Wildman–Crippen LogP) is 3.15. The second-order valence-electron chi connectivity index (χ2n) is 5.71. The molecule has 1 atom stereocenters. The highest BCUT2D eigenvalue weighted by molar-refractivity contribution is 7.98. The minimum absolute atomic E-state index is 0.673. The van der Waals surface area contributed by atoms with Gasteiger partial charge in [0.2, 0.25) is 0 Å². The van der Waals surface area contributed by atoms with Gasteiger partial charge in [0.25, 0.3) is 0 Å². The van der Waals surface area contributed by atoms with Gasteiger partial charge in [0, 0.05) is 18.6 Å². The number of hydrogen-bond donors (Lipinski definition) is 1. The molecule has 18 heavy (non-hydrogen) atoms. The zero-order valence-corrected chi connectivity index (χ0v) is 13.4. The van der Waals surface area contributed by atoms with Gasteiger partial charge < -0.3 is 5.32 Å². The Morgan fingerprint density at radius 1 is 1.39 bits per heavy atom. The normalized spacial score (nSPS) is 19.8. The van der Waals surface area contributed by atoms with Crippen molar-refractivity contribution < 1.29 is 0 Å². The van der Waals surface area contributed by atoms with Gasteiger partial charge in [-0.2, -0.15) is 11.8 Å². The fourth-order valence-electron chi connectivity index (χ4n) is 2.37. The Labute approximate surface area is 118 Å². The van der Waals surface area contributed by atoms with Gasteiger partial charge in [0.05, 0.1) is 0 Å². The molecule has 1 N–H and O–H groups in total. The average molecular weight is 270 g/mol. The summed E-state index contributed by atoms with van der Waals surface area (Å²) in [6.07, 6.45) is 8.43. The molecule has 1 rings (SSSR count). The van der Waals surface area contributed by atoms with Crippen molar-refractivity contribution in [2.45, 2.75) is 52.1 Å². The van der Waals surface area contributed by atoms with E-state index in [0.717, 1.165) is 12.6 Å². The lowest BCUT2D eigenvalue weighted by atomic mass is 10.0. The molecule has 0 saturated carbocycles. The van der Waals surface area contributed by atoms with Crippen molar-refractivity contribution in [3.8, 4) is 0 Å². The number of likely N-dealkylation sites (tertiary alicyclic amines) is 1. The maximum absolute atomic E-state index is 3.78. The van der Waals surface area contributed by atoms with E-state index in [1.807, 2.05) is 11.8 Å². The van der Waals surface area contributed by atoms with Crippen LogP contribution in [0.25, 0.3) is 0 Å². The third kappa shape index (κ3) is 6.81. The Kier molecular flexibility index (Phi) is 8.03. The number of hydrogen-bond acceptors (Lipinski definition) is 3. The summed E-state index contributed by atoms with van der Waals surface area (Å²) in [6.45, 7) is 10.3. The molecule has 0 spiro atoms. The molecule has 1 heterocycles. The van der Waals surface area contributed by atoms with E-state index in [0.29, 0.717) is 6.04 Å². The fraction of sp³-hybridized carbons (Fsp3) is 0.867. The summed E-state index contributed by atoms with van der Waals surface area (Å²) in [6, 6.07) is 1.41. The van der Waals surface area contributed by atoms with Crippen molar-refractivity contribution in [3.05, 3.63) is 11.6 Å². The smallest absolute Gasteiger partial charge is 0.0165 e. The largest absolute Gasteiger partial charge is 0.311 e. The number of piperidine rings is 1. The monoisotopic (exact) mass is 270 g/mol. The SMILES string of the molecule is CSCCC(C)NC1CCN(CC=C(C)C)CC1. The minimum atomic E-state index is 0.673. The zero-order chi connectivity index (χ0) is 13.4. The molecule has 1 saturated heterocycles. The summed E-state index contributed by atoms with van der Waals surface area (Å²) in [5.74, 6) is 1.27. The number of nitrogens with zero attached hydrogens (tertiary/aromatic N) is 1. The van der Waals surface area contributed by atoms with Crippen LogP contribution in [0.15, 0.2) is 11.6 Å². The van der Waals surface area contributed by atoms with Crippen molar-refractivity contribution in [1.29, 1.82) is 0 Å². The van der Waals surface area contributed by atoms with E-state index in [9.17, 15) is 0 Å². The van der Waals surface area contributed by atoms with E-state index in [2.05, 4.69) is 43.3 Å². The highest BCUT2D eigenvalue weighted by atomic mass is 32.2. The Morgan fingerprint density at radius 2 is 2.06 bits per heavy atom. The summed E-state index contributed by atoms with van der Waals surface area (Å²) < 4.78 is 0. The molecule has 1 fully saturated rings. The topological polar surface area (TPSA) is 15.3 Å². The quantitative estimate of drug-likeness (QED) is 0.716. The van der Waals surface area contributed by atoms with Gasteiger partial charge in [-0.05, 0) is 65.1 Å². The molecule has 0 aliphatic carbocycles. The molecular weight excluding hydrogens is 240 g/mol. The van der Waals surface area contributed by atoms with Crippen molar-refractivity contribution in [2.24, 2.45) is 0 Å². The second-order valence-corrected chi connectivity index (χ2v) is 6.69. The Bertz CT molecular complexity index is 241. The summed E-state index contributed by atoms with van der Waals surface area (Å²) in [7, 11) is 0. The Morgan fingerprint density at radius 3 is 2.61 bits per heavy atom. The molecule has 0 aromatic rings. The highest BCUT2D eigenvalue weighted by Gasteiger charge is 2.19. The van der Waals surface area contributed by atoms with Gasteiger partial charge in [-0.25, -0.2) is 0 Å². The van der Waals surface area contributed by atoms with Gasteiger partial charge in [-0.3, -0.25) is 4.90 Å². The van der Waals surface area contributed by atoms with Crippen LogP contribution in [-0.2, 0) is 0 Å². The van der Waals surface area contributed by atoms with E-state index in [1.165, 1.54) is 43.7 Å². The summed E-state index contributed by atoms with van der Waals surface area (Å²) >= 11 is 1.95. The van der Waals surface area contributed by atoms with Gasteiger partial charge >= 0.3 is 0 Å². The van der Waals surface area contributed by atoms with Gasteiger partial charge in [0.1, 0.15) is 0 Å². The lowest BCUT2D eigenvalue weighted by molar-refractivity contribution is 0.207. The first kappa shape index (κ1) is 16.1. The summed E-state index contributed by atoms with van der Waals surface area (Å²) in [4.78, 5) is 2.57. The van der Waals surface area contributed by atoms with Crippen LogP contribution in [0.1, 0.15) is 40.0 Å². The number of nitrogens with one attached hydrogen (secondary N) is 1. The maximum atomic E-state index is 3.78. The van der Waals surface area contributed by atoms with Gasteiger partial charge in [0.15, 0.2) is 0 Å². The highest BCUT2D eigenvalue weighted by Crippen LogP contribution is 2.12. The van der Waals surface area contributed by atoms with E-state index in [4.69, 9.17) is 0 Å². The lowest BCUT2D eigenvalue weighted by Gasteiger charge is -2.33. The van der Waals surface area contributed by atoms with Gasteiger partial charge in [-0.1, -0.05) is 11.6 Å². The van der Waals surface area contributed by atoms with Crippen molar-refractivity contribution >= 4 is 11.8 Å². The van der Waals surface area contributed by atoms with E-state index in [1.54, 1.807) is 0 Å².